The molecular formula is C97H73N7O7P2. The van der Waals surface area contributed by atoms with E-state index in [1.54, 1.807) is 26.0 Å². The summed E-state index contributed by atoms with van der Waals surface area (Å²) in [6.07, 6.45) is 11.1. The molecule has 0 heterocycles. The molecule has 2 N–H and O–H groups in total. The molecule has 14 nitrogen and oxygen atoms in total. The molecule has 548 valence electrons. The number of hydrogen-bond acceptors (Lipinski definition) is 13. The van der Waals surface area contributed by atoms with Crippen LogP contribution >= 0.6 is 14.7 Å². The second-order valence-corrected chi connectivity index (χ2v) is 29.9. The van der Waals surface area contributed by atoms with E-state index in [9.17, 15) is 29.7 Å². The summed E-state index contributed by atoms with van der Waals surface area (Å²) in [6, 6.07) is 112. The Balaban J connectivity index is 0.000000184. The number of aliphatic hydroxyl groups excluding tert-OH is 2. The average Bonchev–Trinajstić information content (AvgIpc) is 0.788. The molecule has 14 rings (SSSR count). The Morgan fingerprint density at radius 2 is 0.726 bits per heavy atom. The summed E-state index contributed by atoms with van der Waals surface area (Å²) < 4.78 is 35.8. The third-order valence-corrected chi connectivity index (χ3v) is 22.2. The SMILES string of the molecule is CCOP(=O)(Cc1cc(C#N)c(CP(=O)(C#CO)C#CO)cc1C#N)OCC.O=Cc1ccc(N(c2ccccc2)c2cccc3ccccc23)cc1.[C-]#[N+]c1cc(C=Cc2ccc(N(c3ccccc3)c3cccc4ccccc34)cc2)c(C#N)cc1C=Cc1ccc(N(c2ccccc2)c2cccc3ccccc23)cc1. The first-order chi connectivity index (χ1) is 55.3. The fourth-order valence-corrected chi connectivity index (χ4v) is 16.3. The van der Waals surface area contributed by atoms with Crippen molar-refractivity contribution in [2.24, 2.45) is 0 Å². The van der Waals surface area contributed by atoms with Crippen LogP contribution in [0.4, 0.5) is 56.9 Å². The van der Waals surface area contributed by atoms with Crippen LogP contribution in [0.2, 0.25) is 0 Å². The summed E-state index contributed by atoms with van der Waals surface area (Å²) in [6.45, 7) is 11.6. The highest BCUT2D eigenvalue weighted by atomic mass is 31.2. The van der Waals surface area contributed by atoms with Crippen LogP contribution in [-0.2, 0) is 30.5 Å². The third-order valence-electron chi connectivity index (χ3n) is 18.4. The zero-order valence-electron chi connectivity index (χ0n) is 61.7. The van der Waals surface area contributed by atoms with Crippen LogP contribution < -0.4 is 14.7 Å². The van der Waals surface area contributed by atoms with Gasteiger partial charge in [0.15, 0.2) is 5.69 Å². The van der Waals surface area contributed by atoms with Crippen molar-refractivity contribution < 1.29 is 33.2 Å². The number of aldehydes is 1. The molecule has 0 saturated heterocycles. The van der Waals surface area contributed by atoms with Crippen LogP contribution in [0, 0.1) is 64.1 Å². The number of fused-ring (bicyclic) bond motifs is 3. The van der Waals surface area contributed by atoms with E-state index in [1.165, 1.54) is 56.7 Å². The molecule has 0 bridgehead atoms. The number of aliphatic hydroxyl groups is 2. The monoisotopic (exact) mass is 1510 g/mol. The maximum atomic E-state index is 12.8. The molecule has 14 aromatic carbocycles. The normalized spacial score (nSPS) is 10.9. The topological polar surface area (TPSA) is 196 Å². The van der Waals surface area contributed by atoms with Gasteiger partial charge >= 0.3 is 7.60 Å². The first kappa shape index (κ1) is 78.1. The largest absolute Gasteiger partial charge is 0.462 e. The van der Waals surface area contributed by atoms with E-state index in [1.807, 2.05) is 102 Å². The highest BCUT2D eigenvalue weighted by molar-refractivity contribution is 7.73. The van der Waals surface area contributed by atoms with Gasteiger partial charge in [-0.25, -0.2) is 4.85 Å². The predicted octanol–water partition coefficient (Wildman–Crippen LogP) is 25.5. The Morgan fingerprint density at radius 1 is 0.389 bits per heavy atom. The lowest BCUT2D eigenvalue weighted by Gasteiger charge is -2.27. The maximum absolute atomic E-state index is 12.8. The summed E-state index contributed by atoms with van der Waals surface area (Å²) >= 11 is 0. The van der Waals surface area contributed by atoms with Crippen LogP contribution in [0.1, 0.15) is 74.3 Å². The Bertz CT molecular complexity index is 5980. The minimum absolute atomic E-state index is 0.0632. The predicted molar refractivity (Wildman–Crippen MR) is 458 cm³/mol. The van der Waals surface area contributed by atoms with Crippen molar-refractivity contribution >= 4 is 135 Å². The molecule has 0 aliphatic carbocycles. The molecule has 14 aromatic rings. The fourth-order valence-electron chi connectivity index (χ4n) is 13.3. The molecule has 113 heavy (non-hydrogen) atoms. The van der Waals surface area contributed by atoms with Gasteiger partial charge in [0.2, 0.25) is 7.14 Å². The smallest absolute Gasteiger partial charge is 0.335 e. The van der Waals surface area contributed by atoms with Gasteiger partial charge in [0, 0.05) is 73.3 Å². The van der Waals surface area contributed by atoms with E-state index >= 15 is 0 Å². The number of carbonyl (C=O) groups is 1. The molecule has 0 amide bonds. The molecule has 0 aliphatic rings. The summed E-state index contributed by atoms with van der Waals surface area (Å²) in [5, 5.41) is 53.7. The molecule has 0 saturated carbocycles. The second kappa shape index (κ2) is 37.5. The maximum Gasteiger partial charge on any atom is 0.335 e. The van der Waals surface area contributed by atoms with Crippen LogP contribution in [0.15, 0.2) is 315 Å². The molecule has 0 aromatic heterocycles. The van der Waals surface area contributed by atoms with Crippen LogP contribution in [-0.4, -0.2) is 29.7 Å². The third kappa shape index (κ3) is 19.0. The van der Waals surface area contributed by atoms with E-state index in [0.717, 1.165) is 68.6 Å². The molecule has 0 unspecified atom stereocenters. The minimum Gasteiger partial charge on any atom is -0.462 e. The molecule has 0 spiro atoms. The minimum atomic E-state index is -3.68. The Kier molecular flexibility index (Phi) is 25.9. The van der Waals surface area contributed by atoms with Gasteiger partial charge < -0.3 is 34.0 Å². The lowest BCUT2D eigenvalue weighted by atomic mass is 10.0. The number of carbonyl (C=O) groups excluding carboxylic acids is 1. The van der Waals surface area contributed by atoms with E-state index in [-0.39, 0.29) is 47.8 Å². The van der Waals surface area contributed by atoms with Gasteiger partial charge in [0.25, 0.3) is 0 Å². The number of rotatable bonds is 22. The number of benzene rings is 14. The second-order valence-electron chi connectivity index (χ2n) is 25.6. The van der Waals surface area contributed by atoms with Gasteiger partial charge in [-0.05, 0) is 191 Å². The Labute approximate surface area is 657 Å². The van der Waals surface area contributed by atoms with E-state index in [0.29, 0.717) is 27.9 Å². The van der Waals surface area contributed by atoms with Crippen LogP contribution in [0.25, 0.3) is 61.5 Å². The van der Waals surface area contributed by atoms with Crippen molar-refractivity contribution in [2.75, 3.05) is 27.9 Å². The van der Waals surface area contributed by atoms with Crippen molar-refractivity contribution in [3.05, 3.63) is 383 Å². The van der Waals surface area contributed by atoms with Crippen molar-refractivity contribution in [2.45, 2.75) is 26.2 Å². The van der Waals surface area contributed by atoms with Crippen molar-refractivity contribution in [3.63, 3.8) is 0 Å². The van der Waals surface area contributed by atoms with Crippen molar-refractivity contribution in [1.29, 1.82) is 15.8 Å². The lowest BCUT2D eigenvalue weighted by molar-refractivity contribution is 0.112. The number of para-hydroxylation sites is 3. The van der Waals surface area contributed by atoms with Gasteiger partial charge in [-0.1, -0.05) is 212 Å². The first-order valence-corrected chi connectivity index (χ1v) is 39.8. The number of nitriles is 3. The Morgan fingerprint density at radius 3 is 1.08 bits per heavy atom. The zero-order valence-corrected chi connectivity index (χ0v) is 63.5. The average molecular weight is 1510 g/mol. The first-order valence-electron chi connectivity index (χ1n) is 36.2. The van der Waals surface area contributed by atoms with Gasteiger partial charge in [0.05, 0.1) is 77.9 Å². The van der Waals surface area contributed by atoms with E-state index < -0.39 is 14.7 Å². The standard InChI is InChI=1S/C56H38N4.C23H17NO.C18H18N2O6P2/c1-58-54-39-45(32-26-41-28-34-50(35-29-41)59(48-18-4-2-5-19-48)55-24-12-16-43-14-8-10-22-52(43)55)47(40-57)38-46(54)33-27-42-30-36-51(37-31-42)60(49-20-6-3-7-21-49)56-25-13-17-44-15-9-11-23-53(44)56;25-17-18-13-15-21(16-14-18)24(20-9-2-1-3-10-20)23-12-6-8-19-7-4-5-11-22(19)23;1-3-25-28(24,26-4-2)14-18-10-15(11-19)17(9-16(18)12-20)13-27(23,7-5-21)8-6-22/h2-39H;1-17H;9-10,21-22H,3-4,13-14H2,1-2H3. The quantitative estimate of drug-likeness (QED) is 0.0214. The summed E-state index contributed by atoms with van der Waals surface area (Å²) in [5.74, 6) is 0. The van der Waals surface area contributed by atoms with Crippen LogP contribution in [0.5, 0.6) is 0 Å². The number of anilines is 9. The van der Waals surface area contributed by atoms with Gasteiger partial charge in [-0.2, -0.15) is 15.8 Å². The van der Waals surface area contributed by atoms with Crippen molar-refractivity contribution in [3.8, 4) is 41.7 Å². The molecular weight excluding hydrogens is 1440 g/mol. The van der Waals surface area contributed by atoms with Gasteiger partial charge in [-0.3, -0.25) is 13.9 Å². The number of nitrogens with zero attached hydrogens (tertiary/aromatic N) is 7. The van der Waals surface area contributed by atoms with Crippen molar-refractivity contribution in [1.82, 2.24) is 0 Å². The summed E-state index contributed by atoms with van der Waals surface area (Å²) in [4.78, 5) is 21.6. The molecule has 0 aliphatic heterocycles. The Hall–Kier alpha value is -14.5. The van der Waals surface area contributed by atoms with Gasteiger partial charge in [-0.15, -0.1) is 0 Å². The number of hydrogen-bond donors (Lipinski definition) is 2. The highest BCUT2D eigenvalue weighted by Crippen LogP contribution is 2.53. The molecule has 0 atom stereocenters. The molecule has 0 radical (unpaired) electrons. The van der Waals surface area contributed by atoms with E-state index in [2.05, 4.69) is 262 Å². The zero-order chi connectivity index (χ0) is 78.9. The van der Waals surface area contributed by atoms with Gasteiger partial charge in [0.1, 0.15) is 18.5 Å². The van der Waals surface area contributed by atoms with Crippen LogP contribution in [0.3, 0.4) is 0 Å². The highest BCUT2D eigenvalue weighted by Gasteiger charge is 2.29. The summed E-state index contributed by atoms with van der Waals surface area (Å²) in [7, 11) is -7.19. The molecule has 0 fully saturated rings. The fraction of sp³-hybridized carbons (Fsp3) is 0.0619. The lowest BCUT2D eigenvalue weighted by Crippen LogP contribution is -2.10. The molecule has 16 heteroatoms. The summed E-state index contributed by atoms with van der Waals surface area (Å²) in [5.41, 5.74) is 19.4. The van der Waals surface area contributed by atoms with E-state index in [4.69, 9.17) is 25.8 Å².